The number of fused-ring (bicyclic) bond motifs is 1. The summed E-state index contributed by atoms with van der Waals surface area (Å²) in [6.45, 7) is 7.53. The van der Waals surface area contributed by atoms with Gasteiger partial charge in [-0.05, 0) is 48.5 Å². The molecule has 3 rings (SSSR count). The minimum absolute atomic E-state index is 0.0687. The zero-order chi connectivity index (χ0) is 20.6. The molecule has 1 aromatic heterocycles. The van der Waals surface area contributed by atoms with E-state index in [1.807, 2.05) is 25.1 Å². The SMILES string of the molecule is C=CCNC(=S)NC[C@@H](c1ccc(OCC)c(OC)c1)c1c[nH]c2ccccc12. The molecule has 0 unspecified atom stereocenters. The molecule has 2 aromatic carbocycles. The van der Waals surface area contributed by atoms with Crippen molar-refractivity contribution in [3.8, 4) is 11.5 Å². The summed E-state index contributed by atoms with van der Waals surface area (Å²) >= 11 is 5.39. The molecule has 0 aliphatic heterocycles. The Kier molecular flexibility index (Phi) is 7.14. The van der Waals surface area contributed by atoms with Crippen LogP contribution in [0.2, 0.25) is 0 Å². The maximum atomic E-state index is 5.68. The van der Waals surface area contributed by atoms with Gasteiger partial charge >= 0.3 is 0 Å². The molecule has 0 bridgehead atoms. The number of aromatic amines is 1. The van der Waals surface area contributed by atoms with Crippen LogP contribution in [0.5, 0.6) is 11.5 Å². The van der Waals surface area contributed by atoms with Gasteiger partial charge in [-0.1, -0.05) is 30.3 Å². The van der Waals surface area contributed by atoms with Gasteiger partial charge < -0.3 is 25.1 Å². The standard InChI is InChI=1S/C23H27N3O2S/c1-4-12-24-23(29)26-14-18(19-15-25-20-9-7-6-8-17(19)20)16-10-11-21(28-5-2)22(13-16)27-3/h4,6-11,13,15,18,25H,1,5,12,14H2,2-3H3,(H2,24,26,29)/t18-/m0/s1. The molecule has 0 fully saturated rings. The van der Waals surface area contributed by atoms with Gasteiger partial charge in [-0.2, -0.15) is 0 Å². The molecule has 1 heterocycles. The topological polar surface area (TPSA) is 58.3 Å². The Morgan fingerprint density at radius 2 is 2.03 bits per heavy atom. The molecule has 29 heavy (non-hydrogen) atoms. The van der Waals surface area contributed by atoms with E-state index in [0.29, 0.717) is 24.8 Å². The first kappa shape index (κ1) is 20.7. The third-order valence-corrected chi connectivity index (χ3v) is 5.05. The monoisotopic (exact) mass is 409 g/mol. The Bertz CT molecular complexity index is 983. The quantitative estimate of drug-likeness (QED) is 0.362. The van der Waals surface area contributed by atoms with Crippen LogP contribution in [0.4, 0.5) is 0 Å². The predicted octanol–water partition coefficient (Wildman–Crippen LogP) is 4.36. The molecule has 0 amide bonds. The van der Waals surface area contributed by atoms with Crippen LogP contribution in [0.3, 0.4) is 0 Å². The van der Waals surface area contributed by atoms with Crippen molar-refractivity contribution in [2.45, 2.75) is 12.8 Å². The lowest BCUT2D eigenvalue weighted by atomic mass is 9.90. The fraction of sp³-hybridized carbons (Fsp3) is 0.261. The van der Waals surface area contributed by atoms with E-state index in [2.05, 4.69) is 52.7 Å². The van der Waals surface area contributed by atoms with Crippen LogP contribution >= 0.6 is 12.2 Å². The zero-order valence-electron chi connectivity index (χ0n) is 16.8. The van der Waals surface area contributed by atoms with Gasteiger partial charge in [-0.3, -0.25) is 0 Å². The highest BCUT2D eigenvalue weighted by molar-refractivity contribution is 7.80. The van der Waals surface area contributed by atoms with Crippen molar-refractivity contribution >= 4 is 28.2 Å². The second-order valence-corrected chi connectivity index (χ2v) is 6.97. The Labute approximate surface area is 177 Å². The van der Waals surface area contributed by atoms with Crippen molar-refractivity contribution in [3.63, 3.8) is 0 Å². The summed E-state index contributed by atoms with van der Waals surface area (Å²) in [5.41, 5.74) is 3.43. The number of thiocarbonyl (C=S) groups is 1. The van der Waals surface area contributed by atoms with E-state index in [1.165, 1.54) is 10.9 Å². The third-order valence-electron chi connectivity index (χ3n) is 4.76. The van der Waals surface area contributed by atoms with Crippen molar-refractivity contribution < 1.29 is 9.47 Å². The molecule has 0 aliphatic rings. The minimum Gasteiger partial charge on any atom is -0.493 e. The highest BCUT2D eigenvalue weighted by Gasteiger charge is 2.20. The molecule has 0 aliphatic carbocycles. The fourth-order valence-corrected chi connectivity index (χ4v) is 3.55. The number of para-hydroxylation sites is 1. The lowest BCUT2D eigenvalue weighted by molar-refractivity contribution is 0.310. The van der Waals surface area contributed by atoms with Gasteiger partial charge in [-0.15, -0.1) is 6.58 Å². The number of rotatable bonds is 9. The highest BCUT2D eigenvalue weighted by Crippen LogP contribution is 2.35. The Hall–Kier alpha value is -2.99. The van der Waals surface area contributed by atoms with E-state index in [4.69, 9.17) is 21.7 Å². The van der Waals surface area contributed by atoms with Crippen molar-refractivity contribution in [3.05, 3.63) is 72.4 Å². The first-order valence-electron chi connectivity index (χ1n) is 9.67. The summed E-state index contributed by atoms with van der Waals surface area (Å²) < 4.78 is 11.2. The maximum absolute atomic E-state index is 5.68. The number of ether oxygens (including phenoxy) is 2. The number of benzene rings is 2. The number of hydrogen-bond acceptors (Lipinski definition) is 3. The molecule has 0 spiro atoms. The van der Waals surface area contributed by atoms with Crippen LogP contribution in [0, 0.1) is 0 Å². The van der Waals surface area contributed by atoms with Gasteiger partial charge in [0.1, 0.15) is 0 Å². The van der Waals surface area contributed by atoms with Crippen molar-refractivity contribution in [1.29, 1.82) is 0 Å². The smallest absolute Gasteiger partial charge is 0.166 e. The molecule has 3 N–H and O–H groups in total. The summed E-state index contributed by atoms with van der Waals surface area (Å²) in [5, 5.41) is 8.25. The Balaban J connectivity index is 1.96. The Morgan fingerprint density at radius 3 is 2.79 bits per heavy atom. The number of hydrogen-bond donors (Lipinski definition) is 3. The van der Waals surface area contributed by atoms with Crippen molar-refractivity contribution in [2.75, 3.05) is 26.8 Å². The predicted molar refractivity (Wildman–Crippen MR) is 123 cm³/mol. The number of aromatic nitrogens is 1. The number of H-pyrrole nitrogens is 1. The van der Waals surface area contributed by atoms with Crippen LogP contribution in [0.15, 0.2) is 61.3 Å². The molecule has 5 nitrogen and oxygen atoms in total. The molecule has 3 aromatic rings. The molecular formula is C23H27N3O2S. The van der Waals surface area contributed by atoms with Gasteiger partial charge in [0, 0.05) is 36.1 Å². The maximum Gasteiger partial charge on any atom is 0.166 e. The van der Waals surface area contributed by atoms with Crippen LogP contribution < -0.4 is 20.1 Å². The molecule has 0 radical (unpaired) electrons. The first-order chi connectivity index (χ1) is 14.2. The van der Waals surface area contributed by atoms with Gasteiger partial charge in [-0.25, -0.2) is 0 Å². The van der Waals surface area contributed by atoms with E-state index in [-0.39, 0.29) is 5.92 Å². The second kappa shape index (κ2) is 9.98. The van der Waals surface area contributed by atoms with Gasteiger partial charge in [0.25, 0.3) is 0 Å². The van der Waals surface area contributed by atoms with E-state index in [9.17, 15) is 0 Å². The highest BCUT2D eigenvalue weighted by atomic mass is 32.1. The average molecular weight is 410 g/mol. The summed E-state index contributed by atoms with van der Waals surface area (Å²) in [4.78, 5) is 3.38. The Morgan fingerprint density at radius 1 is 1.21 bits per heavy atom. The van der Waals surface area contributed by atoms with Crippen molar-refractivity contribution in [2.24, 2.45) is 0 Å². The van der Waals surface area contributed by atoms with E-state index >= 15 is 0 Å². The average Bonchev–Trinajstić information content (AvgIpc) is 3.17. The number of nitrogens with one attached hydrogen (secondary N) is 3. The zero-order valence-corrected chi connectivity index (χ0v) is 17.6. The molecular weight excluding hydrogens is 382 g/mol. The van der Waals surface area contributed by atoms with E-state index in [0.717, 1.165) is 22.6 Å². The first-order valence-corrected chi connectivity index (χ1v) is 10.1. The lowest BCUT2D eigenvalue weighted by Crippen LogP contribution is -2.37. The second-order valence-electron chi connectivity index (χ2n) is 6.57. The largest absolute Gasteiger partial charge is 0.493 e. The van der Waals surface area contributed by atoms with E-state index in [1.54, 1.807) is 13.2 Å². The molecule has 6 heteroatoms. The molecule has 1 atom stereocenters. The minimum atomic E-state index is 0.0687. The van der Waals surface area contributed by atoms with E-state index < -0.39 is 0 Å². The molecule has 0 saturated heterocycles. The van der Waals surface area contributed by atoms with Crippen LogP contribution in [0.25, 0.3) is 10.9 Å². The van der Waals surface area contributed by atoms with Crippen LogP contribution in [-0.4, -0.2) is 36.9 Å². The fourth-order valence-electron chi connectivity index (χ4n) is 3.39. The normalized spacial score (nSPS) is 11.7. The summed E-state index contributed by atoms with van der Waals surface area (Å²) in [7, 11) is 1.66. The summed E-state index contributed by atoms with van der Waals surface area (Å²) in [6.07, 6.45) is 3.85. The van der Waals surface area contributed by atoms with Gasteiger partial charge in [0.05, 0.1) is 13.7 Å². The van der Waals surface area contributed by atoms with Gasteiger partial charge in [0.15, 0.2) is 16.6 Å². The summed E-state index contributed by atoms with van der Waals surface area (Å²) in [5.74, 6) is 1.54. The van der Waals surface area contributed by atoms with Crippen molar-refractivity contribution in [1.82, 2.24) is 15.6 Å². The number of methoxy groups -OCH3 is 1. The lowest BCUT2D eigenvalue weighted by Gasteiger charge is -2.21. The third kappa shape index (κ3) is 4.90. The van der Waals surface area contributed by atoms with Gasteiger partial charge in [0.2, 0.25) is 0 Å². The summed E-state index contributed by atoms with van der Waals surface area (Å²) in [6, 6.07) is 14.4. The van der Waals surface area contributed by atoms with Crippen LogP contribution in [0.1, 0.15) is 24.0 Å². The molecule has 0 saturated carbocycles. The molecule has 152 valence electrons. The van der Waals surface area contributed by atoms with Crippen LogP contribution in [-0.2, 0) is 0 Å².